The van der Waals surface area contributed by atoms with E-state index in [4.69, 9.17) is 5.21 Å². The Morgan fingerprint density at radius 2 is 1.71 bits per heavy atom. The predicted molar refractivity (Wildman–Crippen MR) is 116 cm³/mol. The number of aromatic nitrogens is 1. The SMILES string of the molecule is CS(=O)(=O)Nc1cccc(-c2ccccc2)c1S(=O)(=O)n1ccc(/C=C/C(=O)NO)c1. The topological polar surface area (TPSA) is 135 Å². The lowest BCUT2D eigenvalue weighted by molar-refractivity contribution is -0.124. The lowest BCUT2D eigenvalue weighted by Gasteiger charge is -2.16. The zero-order valence-electron chi connectivity index (χ0n) is 16.3. The number of sulfonamides is 1. The second kappa shape index (κ2) is 8.76. The number of amides is 1. The van der Waals surface area contributed by atoms with Gasteiger partial charge in [-0.15, -0.1) is 0 Å². The lowest BCUT2D eigenvalue weighted by Crippen LogP contribution is -2.18. The summed E-state index contributed by atoms with van der Waals surface area (Å²) >= 11 is 0. The molecule has 0 fully saturated rings. The molecule has 11 heteroatoms. The van der Waals surface area contributed by atoms with E-state index < -0.39 is 26.0 Å². The van der Waals surface area contributed by atoms with Gasteiger partial charge in [0.2, 0.25) is 10.0 Å². The van der Waals surface area contributed by atoms with Gasteiger partial charge in [-0.2, -0.15) is 0 Å². The fraction of sp³-hybridized carbons (Fsp3) is 0.0500. The number of nitrogens with one attached hydrogen (secondary N) is 2. The van der Waals surface area contributed by atoms with Gasteiger partial charge in [0.15, 0.2) is 0 Å². The largest absolute Gasteiger partial charge is 0.288 e. The monoisotopic (exact) mass is 461 g/mol. The zero-order valence-corrected chi connectivity index (χ0v) is 17.9. The molecule has 0 unspecified atom stereocenters. The zero-order chi connectivity index (χ0) is 22.6. The van der Waals surface area contributed by atoms with Crippen molar-refractivity contribution in [3.05, 3.63) is 78.6 Å². The van der Waals surface area contributed by atoms with Gasteiger partial charge < -0.3 is 0 Å². The molecule has 0 saturated carbocycles. The van der Waals surface area contributed by atoms with Gasteiger partial charge in [0.25, 0.3) is 15.9 Å². The molecule has 3 rings (SSSR count). The van der Waals surface area contributed by atoms with Gasteiger partial charge in [-0.05, 0) is 29.3 Å². The fourth-order valence-electron chi connectivity index (χ4n) is 2.90. The van der Waals surface area contributed by atoms with Crippen LogP contribution < -0.4 is 10.2 Å². The Hall–Kier alpha value is -3.41. The molecule has 3 aromatic rings. The van der Waals surface area contributed by atoms with Crippen LogP contribution in [-0.2, 0) is 24.8 Å². The van der Waals surface area contributed by atoms with Crippen molar-refractivity contribution in [1.82, 2.24) is 9.45 Å². The Kier molecular flexibility index (Phi) is 6.29. The maximum atomic E-state index is 13.5. The molecule has 3 N–H and O–H groups in total. The summed E-state index contributed by atoms with van der Waals surface area (Å²) in [7, 11) is -8.00. The van der Waals surface area contributed by atoms with E-state index in [1.165, 1.54) is 36.1 Å². The molecule has 1 amide bonds. The average Bonchev–Trinajstić information content (AvgIpc) is 3.21. The molecule has 9 nitrogen and oxygen atoms in total. The van der Waals surface area contributed by atoms with Crippen LogP contribution in [0.1, 0.15) is 5.56 Å². The molecule has 1 aromatic heterocycles. The van der Waals surface area contributed by atoms with E-state index in [0.29, 0.717) is 16.7 Å². The maximum absolute atomic E-state index is 13.5. The molecule has 2 aromatic carbocycles. The van der Waals surface area contributed by atoms with Gasteiger partial charge in [-0.3, -0.25) is 14.7 Å². The number of anilines is 1. The predicted octanol–water partition coefficient (Wildman–Crippen LogP) is 2.28. The molecule has 0 aliphatic rings. The Bertz CT molecular complexity index is 1340. The number of hydrogen-bond acceptors (Lipinski definition) is 6. The standard InChI is InChI=1S/C20H19N3O6S2/c1-30(26,27)22-18-9-5-8-17(16-6-3-2-4-7-16)20(18)31(28,29)23-13-12-15(14-23)10-11-19(24)21-25/h2-14,22,25H,1H3,(H,21,24)/b11-10+. The van der Waals surface area contributed by atoms with Crippen LogP contribution in [0.5, 0.6) is 0 Å². The van der Waals surface area contributed by atoms with Crippen LogP contribution in [0.2, 0.25) is 0 Å². The third-order valence-corrected chi connectivity index (χ3v) is 6.49. The lowest BCUT2D eigenvalue weighted by atomic mass is 10.1. The minimum absolute atomic E-state index is 0.0886. The smallest absolute Gasteiger partial charge is 0.270 e. The Labute approximate surface area is 179 Å². The first-order chi connectivity index (χ1) is 14.6. The summed E-state index contributed by atoms with van der Waals surface area (Å²) in [4.78, 5) is 10.9. The van der Waals surface area contributed by atoms with E-state index in [1.54, 1.807) is 42.5 Å². The van der Waals surface area contributed by atoms with Crippen molar-refractivity contribution >= 4 is 37.7 Å². The Balaban J connectivity index is 2.19. The van der Waals surface area contributed by atoms with Gasteiger partial charge in [-0.25, -0.2) is 26.3 Å². The molecule has 0 radical (unpaired) electrons. The molecular formula is C20H19N3O6S2. The van der Waals surface area contributed by atoms with Crippen molar-refractivity contribution in [3.8, 4) is 11.1 Å². The van der Waals surface area contributed by atoms with E-state index in [0.717, 1.165) is 16.3 Å². The summed E-state index contributed by atoms with van der Waals surface area (Å²) in [6, 6.07) is 14.7. The third kappa shape index (κ3) is 5.20. The number of hydrogen-bond donors (Lipinski definition) is 3. The molecular weight excluding hydrogens is 442 g/mol. The average molecular weight is 462 g/mol. The summed E-state index contributed by atoms with van der Waals surface area (Å²) < 4.78 is 54.0. The highest BCUT2D eigenvalue weighted by molar-refractivity contribution is 7.92. The Morgan fingerprint density at radius 3 is 2.35 bits per heavy atom. The number of carbonyl (C=O) groups is 1. The molecule has 0 atom stereocenters. The minimum Gasteiger partial charge on any atom is -0.288 e. The molecule has 0 aliphatic heterocycles. The number of nitrogens with zero attached hydrogens (tertiary/aromatic N) is 1. The number of benzene rings is 2. The van der Waals surface area contributed by atoms with E-state index in [2.05, 4.69) is 4.72 Å². The number of hydroxylamine groups is 1. The van der Waals surface area contributed by atoms with Crippen molar-refractivity contribution < 1.29 is 26.8 Å². The summed E-state index contributed by atoms with van der Waals surface area (Å²) in [5, 5.41) is 8.55. The van der Waals surface area contributed by atoms with Crippen molar-refractivity contribution in [2.24, 2.45) is 0 Å². The van der Waals surface area contributed by atoms with Gasteiger partial charge >= 0.3 is 0 Å². The molecule has 0 saturated heterocycles. The summed E-state index contributed by atoms with van der Waals surface area (Å²) in [5.41, 5.74) is 2.63. The van der Waals surface area contributed by atoms with Gasteiger partial charge in [0.05, 0.1) is 11.9 Å². The first-order valence-electron chi connectivity index (χ1n) is 8.84. The molecule has 162 valence electrons. The van der Waals surface area contributed by atoms with E-state index in [9.17, 15) is 21.6 Å². The van der Waals surface area contributed by atoms with Crippen molar-refractivity contribution in [3.63, 3.8) is 0 Å². The summed E-state index contributed by atoms with van der Waals surface area (Å²) in [6.45, 7) is 0. The quantitative estimate of drug-likeness (QED) is 0.281. The van der Waals surface area contributed by atoms with Crippen molar-refractivity contribution in [1.29, 1.82) is 0 Å². The van der Waals surface area contributed by atoms with Crippen molar-refractivity contribution in [2.75, 3.05) is 11.0 Å². The van der Waals surface area contributed by atoms with E-state index in [1.807, 2.05) is 0 Å². The second-order valence-corrected chi connectivity index (χ2v) is 10.0. The van der Waals surface area contributed by atoms with Crippen LogP contribution >= 0.6 is 0 Å². The normalized spacial score (nSPS) is 12.1. The molecule has 0 aliphatic carbocycles. The van der Waals surface area contributed by atoms with Crippen LogP contribution in [-0.4, -0.2) is 38.2 Å². The molecule has 0 bridgehead atoms. The van der Waals surface area contributed by atoms with Crippen LogP contribution in [0.25, 0.3) is 17.2 Å². The first kappa shape index (κ1) is 22.3. The van der Waals surface area contributed by atoms with E-state index in [-0.39, 0.29) is 10.6 Å². The van der Waals surface area contributed by atoms with Gasteiger partial charge in [0.1, 0.15) is 4.90 Å². The van der Waals surface area contributed by atoms with Crippen LogP contribution in [0.15, 0.2) is 78.0 Å². The minimum atomic E-state index is -4.24. The molecule has 1 heterocycles. The number of carbonyl (C=O) groups excluding carboxylic acids is 1. The second-order valence-electron chi connectivity index (χ2n) is 6.51. The van der Waals surface area contributed by atoms with Crippen LogP contribution in [0.3, 0.4) is 0 Å². The molecule has 31 heavy (non-hydrogen) atoms. The van der Waals surface area contributed by atoms with Crippen LogP contribution in [0.4, 0.5) is 5.69 Å². The van der Waals surface area contributed by atoms with Crippen LogP contribution in [0, 0.1) is 0 Å². The fourth-order valence-corrected chi connectivity index (χ4v) is 5.08. The van der Waals surface area contributed by atoms with Gasteiger partial charge in [0, 0.05) is 24.0 Å². The maximum Gasteiger partial charge on any atom is 0.270 e. The highest BCUT2D eigenvalue weighted by Crippen LogP contribution is 2.35. The van der Waals surface area contributed by atoms with E-state index >= 15 is 0 Å². The summed E-state index contributed by atoms with van der Waals surface area (Å²) in [6.07, 6.45) is 5.82. The first-order valence-corrected chi connectivity index (χ1v) is 12.2. The third-order valence-electron chi connectivity index (χ3n) is 4.16. The molecule has 0 spiro atoms. The highest BCUT2D eigenvalue weighted by atomic mass is 32.2. The Morgan fingerprint density at radius 1 is 1.00 bits per heavy atom. The van der Waals surface area contributed by atoms with Gasteiger partial charge in [-0.1, -0.05) is 42.5 Å². The van der Waals surface area contributed by atoms with Crippen molar-refractivity contribution in [2.45, 2.75) is 4.90 Å². The highest BCUT2D eigenvalue weighted by Gasteiger charge is 2.26. The number of rotatable bonds is 7. The summed E-state index contributed by atoms with van der Waals surface area (Å²) in [5.74, 6) is -0.773.